The number of hydrogen-bond acceptors (Lipinski definition) is 3. The van der Waals surface area contributed by atoms with Crippen molar-refractivity contribution in [1.82, 2.24) is 9.78 Å². The van der Waals surface area contributed by atoms with Crippen LogP contribution in [0.4, 0.5) is 0 Å². The Morgan fingerprint density at radius 3 is 2.74 bits per heavy atom. The molecule has 3 aromatic rings. The van der Waals surface area contributed by atoms with Crippen LogP contribution in [0.5, 0.6) is 0 Å². The van der Waals surface area contributed by atoms with E-state index in [9.17, 15) is 4.79 Å². The van der Waals surface area contributed by atoms with Crippen molar-refractivity contribution in [1.29, 1.82) is 0 Å². The Hall–Kier alpha value is -1.98. The molecule has 0 unspecified atom stereocenters. The second-order valence-corrected chi connectivity index (χ2v) is 7.15. The summed E-state index contributed by atoms with van der Waals surface area (Å²) in [5, 5.41) is 4.13. The van der Waals surface area contributed by atoms with Crippen LogP contribution in [0.15, 0.2) is 59.2 Å². The van der Waals surface area contributed by atoms with Gasteiger partial charge in [0.15, 0.2) is 5.78 Å². The maximum atomic E-state index is 12.3. The van der Waals surface area contributed by atoms with Gasteiger partial charge in [-0.2, -0.15) is 5.10 Å². The highest BCUT2D eigenvalue weighted by Gasteiger charge is 2.08. The Kier molecular flexibility index (Phi) is 4.88. The molecule has 3 rings (SSSR count). The molecule has 23 heavy (non-hydrogen) atoms. The van der Waals surface area contributed by atoms with Crippen LogP contribution in [0.25, 0.3) is 6.08 Å². The van der Waals surface area contributed by atoms with Crippen LogP contribution >= 0.6 is 27.3 Å². The third-order valence-corrected chi connectivity index (χ3v) is 5.17. The van der Waals surface area contributed by atoms with Gasteiger partial charge in [0.25, 0.3) is 0 Å². The number of ketones is 1. The SMILES string of the molecule is Cn1ncc(Br)c1/C=C/C(=O)c1ccc(Cc2ccccc2)s1. The molecule has 5 heteroatoms. The first kappa shape index (κ1) is 15.9. The quantitative estimate of drug-likeness (QED) is 0.469. The van der Waals surface area contributed by atoms with E-state index >= 15 is 0 Å². The lowest BCUT2D eigenvalue weighted by Gasteiger charge is -1.97. The highest BCUT2D eigenvalue weighted by atomic mass is 79.9. The van der Waals surface area contributed by atoms with Gasteiger partial charge in [0, 0.05) is 18.3 Å². The van der Waals surface area contributed by atoms with Crippen LogP contribution in [0.2, 0.25) is 0 Å². The number of allylic oxidation sites excluding steroid dienone is 1. The molecule has 116 valence electrons. The number of carbonyl (C=O) groups is 1. The number of aromatic nitrogens is 2. The first-order valence-corrected chi connectivity index (χ1v) is 8.77. The van der Waals surface area contributed by atoms with Gasteiger partial charge in [0.1, 0.15) is 0 Å². The Morgan fingerprint density at radius 2 is 2.04 bits per heavy atom. The predicted octanol–water partition coefficient (Wildman–Crippen LogP) is 4.73. The van der Waals surface area contributed by atoms with E-state index in [2.05, 4.69) is 33.2 Å². The number of carbonyl (C=O) groups excluding carboxylic acids is 1. The minimum absolute atomic E-state index is 0.0161. The van der Waals surface area contributed by atoms with E-state index in [1.165, 1.54) is 10.4 Å². The molecule has 0 saturated carbocycles. The van der Waals surface area contributed by atoms with Gasteiger partial charge >= 0.3 is 0 Å². The normalized spacial score (nSPS) is 11.2. The number of rotatable bonds is 5. The summed E-state index contributed by atoms with van der Waals surface area (Å²) in [4.78, 5) is 14.3. The zero-order valence-electron chi connectivity index (χ0n) is 12.6. The maximum Gasteiger partial charge on any atom is 0.195 e. The lowest BCUT2D eigenvalue weighted by Crippen LogP contribution is -1.94. The van der Waals surface area contributed by atoms with E-state index in [-0.39, 0.29) is 5.78 Å². The van der Waals surface area contributed by atoms with Crippen molar-refractivity contribution < 1.29 is 4.79 Å². The second kappa shape index (κ2) is 7.06. The molecule has 0 N–H and O–H groups in total. The standard InChI is InChI=1S/C18H15BrN2OS/c1-21-16(15(19)12-20-21)8-9-17(22)18-10-7-14(23-18)11-13-5-3-2-4-6-13/h2-10,12H,11H2,1H3/b9-8+. The van der Waals surface area contributed by atoms with E-state index in [1.807, 2.05) is 37.4 Å². The summed E-state index contributed by atoms with van der Waals surface area (Å²) in [6.07, 6.45) is 5.96. The Balaban J connectivity index is 1.71. The molecular weight excluding hydrogens is 372 g/mol. The van der Waals surface area contributed by atoms with Gasteiger partial charge in [-0.25, -0.2) is 0 Å². The number of benzene rings is 1. The third-order valence-electron chi connectivity index (χ3n) is 3.46. The van der Waals surface area contributed by atoms with Crippen molar-refractivity contribution >= 4 is 39.1 Å². The van der Waals surface area contributed by atoms with Crippen molar-refractivity contribution in [2.24, 2.45) is 7.05 Å². The minimum Gasteiger partial charge on any atom is -0.288 e. The number of nitrogens with zero attached hydrogens (tertiary/aromatic N) is 2. The van der Waals surface area contributed by atoms with E-state index in [0.29, 0.717) is 0 Å². The smallest absolute Gasteiger partial charge is 0.195 e. The van der Waals surface area contributed by atoms with Crippen molar-refractivity contribution in [3.8, 4) is 0 Å². The molecule has 1 aromatic carbocycles. The van der Waals surface area contributed by atoms with Crippen molar-refractivity contribution in [2.45, 2.75) is 6.42 Å². The monoisotopic (exact) mass is 386 g/mol. The number of halogens is 1. The Labute approximate surface area is 147 Å². The van der Waals surface area contributed by atoms with E-state index < -0.39 is 0 Å². The second-order valence-electron chi connectivity index (χ2n) is 5.13. The van der Waals surface area contributed by atoms with Crippen LogP contribution in [0.1, 0.15) is 25.8 Å². The fourth-order valence-corrected chi connectivity index (χ4v) is 3.69. The van der Waals surface area contributed by atoms with Crippen LogP contribution in [0.3, 0.4) is 0 Å². The summed E-state index contributed by atoms with van der Waals surface area (Å²) in [6, 6.07) is 14.2. The highest BCUT2D eigenvalue weighted by molar-refractivity contribution is 9.10. The molecule has 0 saturated heterocycles. The molecule has 0 aliphatic heterocycles. The Morgan fingerprint density at radius 1 is 1.26 bits per heavy atom. The highest BCUT2D eigenvalue weighted by Crippen LogP contribution is 2.22. The van der Waals surface area contributed by atoms with Gasteiger partial charge in [0.05, 0.1) is 21.2 Å². The summed E-state index contributed by atoms with van der Waals surface area (Å²) < 4.78 is 2.60. The maximum absolute atomic E-state index is 12.3. The summed E-state index contributed by atoms with van der Waals surface area (Å²) in [5.41, 5.74) is 2.13. The fraction of sp³-hybridized carbons (Fsp3) is 0.111. The molecule has 0 radical (unpaired) electrons. The molecule has 0 aliphatic rings. The average molecular weight is 387 g/mol. The van der Waals surface area contributed by atoms with Crippen LogP contribution in [0, 0.1) is 0 Å². The van der Waals surface area contributed by atoms with Gasteiger partial charge in [-0.3, -0.25) is 9.48 Å². The molecule has 0 amide bonds. The topological polar surface area (TPSA) is 34.9 Å². The number of thiophene rings is 1. The van der Waals surface area contributed by atoms with Gasteiger partial charge in [-0.15, -0.1) is 11.3 Å². The fourth-order valence-electron chi connectivity index (χ4n) is 2.25. The summed E-state index contributed by atoms with van der Waals surface area (Å²) in [5.74, 6) is 0.0161. The zero-order chi connectivity index (χ0) is 16.2. The molecule has 0 bridgehead atoms. The van der Waals surface area contributed by atoms with Crippen molar-refractivity contribution in [3.05, 3.63) is 80.2 Å². The summed E-state index contributed by atoms with van der Waals surface area (Å²) in [7, 11) is 1.85. The average Bonchev–Trinajstić information content (AvgIpc) is 3.14. The predicted molar refractivity (Wildman–Crippen MR) is 97.8 cm³/mol. The first-order chi connectivity index (χ1) is 11.1. The molecule has 0 aliphatic carbocycles. The molecule has 0 spiro atoms. The zero-order valence-corrected chi connectivity index (χ0v) is 15.0. The van der Waals surface area contributed by atoms with Crippen molar-refractivity contribution in [3.63, 3.8) is 0 Å². The van der Waals surface area contributed by atoms with E-state index in [0.717, 1.165) is 21.5 Å². The molecule has 0 atom stereocenters. The number of hydrogen-bond donors (Lipinski definition) is 0. The molecule has 2 heterocycles. The summed E-state index contributed by atoms with van der Waals surface area (Å²) in [6.45, 7) is 0. The van der Waals surface area contributed by atoms with Crippen LogP contribution in [-0.2, 0) is 13.5 Å². The molecule has 3 nitrogen and oxygen atoms in total. The molecule has 0 fully saturated rings. The lowest BCUT2D eigenvalue weighted by atomic mass is 10.1. The van der Waals surface area contributed by atoms with Crippen LogP contribution < -0.4 is 0 Å². The Bertz CT molecular complexity index is 830. The number of aryl methyl sites for hydroxylation is 1. The first-order valence-electron chi connectivity index (χ1n) is 7.16. The van der Waals surface area contributed by atoms with Crippen molar-refractivity contribution in [2.75, 3.05) is 0 Å². The van der Waals surface area contributed by atoms with Gasteiger partial charge in [-0.1, -0.05) is 30.3 Å². The van der Waals surface area contributed by atoms with Crippen LogP contribution in [-0.4, -0.2) is 15.6 Å². The lowest BCUT2D eigenvalue weighted by molar-refractivity contribution is 0.105. The molecular formula is C18H15BrN2OS. The van der Waals surface area contributed by atoms with E-state index in [4.69, 9.17) is 0 Å². The van der Waals surface area contributed by atoms with E-state index in [1.54, 1.807) is 34.4 Å². The minimum atomic E-state index is 0.0161. The third kappa shape index (κ3) is 3.86. The van der Waals surface area contributed by atoms with Gasteiger partial charge in [-0.05, 0) is 45.8 Å². The summed E-state index contributed by atoms with van der Waals surface area (Å²) >= 11 is 4.97. The molecule has 2 aromatic heterocycles. The largest absolute Gasteiger partial charge is 0.288 e. The van der Waals surface area contributed by atoms with Gasteiger partial charge in [0.2, 0.25) is 0 Å². The van der Waals surface area contributed by atoms with Gasteiger partial charge < -0.3 is 0 Å².